The van der Waals surface area contributed by atoms with Crippen LogP contribution in [0, 0.1) is 5.92 Å². The molecule has 0 saturated carbocycles. The van der Waals surface area contributed by atoms with Crippen LogP contribution in [-0.4, -0.2) is 35.1 Å². The van der Waals surface area contributed by atoms with Gasteiger partial charge in [-0.2, -0.15) is 0 Å². The van der Waals surface area contributed by atoms with Gasteiger partial charge in [-0.15, -0.1) is 0 Å². The summed E-state index contributed by atoms with van der Waals surface area (Å²) >= 11 is 0. The van der Waals surface area contributed by atoms with Crippen molar-refractivity contribution in [2.45, 2.75) is 65.0 Å². The zero-order valence-electron chi connectivity index (χ0n) is 14.1. The van der Waals surface area contributed by atoms with E-state index in [9.17, 15) is 4.79 Å². The number of nitrogens with zero attached hydrogens (tertiary/aromatic N) is 2. The first-order valence-electron chi connectivity index (χ1n) is 8.68. The van der Waals surface area contributed by atoms with Gasteiger partial charge in [-0.25, -0.2) is 4.98 Å². The van der Waals surface area contributed by atoms with Crippen LogP contribution in [0.4, 0.5) is 5.82 Å². The van der Waals surface area contributed by atoms with Crippen molar-refractivity contribution in [1.29, 1.82) is 0 Å². The standard InChI is InChI=1S/C17H30N4O/c1-4-13(3)11-14(5-2)20-15-7-6-10-21(12-15)16-17(22)19-9-8-18-16/h8-9,13-15,20H,4-7,10-12H2,1-3H3,(H,19,22)/t13-,14-,15-/m0/s1. The maximum atomic E-state index is 11.9. The highest BCUT2D eigenvalue weighted by molar-refractivity contribution is 5.36. The summed E-state index contributed by atoms with van der Waals surface area (Å²) in [6.07, 6.45) is 9.15. The molecule has 1 fully saturated rings. The molecule has 1 aromatic rings. The number of rotatable bonds is 7. The molecule has 5 heteroatoms. The lowest BCUT2D eigenvalue weighted by atomic mass is 9.96. The number of H-pyrrole nitrogens is 1. The van der Waals surface area contributed by atoms with Gasteiger partial charge in [0.15, 0.2) is 5.82 Å². The number of nitrogens with one attached hydrogen (secondary N) is 2. The van der Waals surface area contributed by atoms with E-state index >= 15 is 0 Å². The fraction of sp³-hybridized carbons (Fsp3) is 0.765. The molecule has 0 unspecified atom stereocenters. The molecule has 124 valence electrons. The van der Waals surface area contributed by atoms with Crippen LogP contribution in [0.3, 0.4) is 0 Å². The number of piperidine rings is 1. The summed E-state index contributed by atoms with van der Waals surface area (Å²) in [7, 11) is 0. The Morgan fingerprint density at radius 2 is 2.27 bits per heavy atom. The first-order valence-corrected chi connectivity index (χ1v) is 8.68. The fourth-order valence-electron chi connectivity index (χ4n) is 3.21. The van der Waals surface area contributed by atoms with Crippen LogP contribution in [0.15, 0.2) is 17.2 Å². The normalized spacial score (nSPS) is 21.6. The number of hydrogen-bond donors (Lipinski definition) is 2. The third-order valence-corrected chi connectivity index (χ3v) is 4.76. The first kappa shape index (κ1) is 17.0. The van der Waals surface area contributed by atoms with Crippen LogP contribution in [0.1, 0.15) is 52.9 Å². The summed E-state index contributed by atoms with van der Waals surface area (Å²) in [4.78, 5) is 21.0. The van der Waals surface area contributed by atoms with Crippen molar-refractivity contribution >= 4 is 5.82 Å². The smallest absolute Gasteiger partial charge is 0.290 e. The molecule has 2 N–H and O–H groups in total. The Labute approximate surface area is 133 Å². The number of hydrogen-bond acceptors (Lipinski definition) is 4. The van der Waals surface area contributed by atoms with E-state index in [-0.39, 0.29) is 5.56 Å². The lowest BCUT2D eigenvalue weighted by molar-refractivity contribution is 0.321. The molecule has 3 atom stereocenters. The maximum Gasteiger partial charge on any atom is 0.290 e. The highest BCUT2D eigenvalue weighted by Gasteiger charge is 2.24. The lowest BCUT2D eigenvalue weighted by Crippen LogP contribution is -2.50. The van der Waals surface area contributed by atoms with Crippen molar-refractivity contribution in [3.05, 3.63) is 22.7 Å². The van der Waals surface area contributed by atoms with E-state index in [1.807, 2.05) is 0 Å². The zero-order chi connectivity index (χ0) is 15.9. The minimum atomic E-state index is -0.0882. The Morgan fingerprint density at radius 1 is 1.45 bits per heavy atom. The van der Waals surface area contributed by atoms with Gasteiger partial charge in [-0.05, 0) is 31.6 Å². The van der Waals surface area contributed by atoms with E-state index in [1.54, 1.807) is 12.4 Å². The Morgan fingerprint density at radius 3 is 2.95 bits per heavy atom. The first-order chi connectivity index (χ1) is 10.6. The second kappa shape index (κ2) is 8.32. The Bertz CT molecular complexity index is 501. The van der Waals surface area contributed by atoms with Gasteiger partial charge in [-0.3, -0.25) is 4.79 Å². The van der Waals surface area contributed by atoms with Crippen molar-refractivity contribution in [3.8, 4) is 0 Å². The van der Waals surface area contributed by atoms with Crippen LogP contribution in [0.25, 0.3) is 0 Å². The summed E-state index contributed by atoms with van der Waals surface area (Å²) in [5.74, 6) is 1.32. The molecule has 1 saturated heterocycles. The predicted molar refractivity (Wildman–Crippen MR) is 91.4 cm³/mol. The molecule has 0 radical (unpaired) electrons. The molecule has 22 heavy (non-hydrogen) atoms. The maximum absolute atomic E-state index is 11.9. The van der Waals surface area contributed by atoms with E-state index < -0.39 is 0 Å². The Kier molecular flexibility index (Phi) is 6.43. The van der Waals surface area contributed by atoms with Crippen molar-refractivity contribution in [2.24, 2.45) is 5.92 Å². The minimum absolute atomic E-state index is 0.0882. The van der Waals surface area contributed by atoms with E-state index in [0.29, 0.717) is 17.9 Å². The van der Waals surface area contributed by atoms with Gasteiger partial charge in [0.05, 0.1) is 0 Å². The molecule has 0 aromatic carbocycles. The Balaban J connectivity index is 1.95. The minimum Gasteiger partial charge on any atom is -0.350 e. The number of anilines is 1. The van der Waals surface area contributed by atoms with Crippen LogP contribution in [0.2, 0.25) is 0 Å². The molecule has 1 aliphatic rings. The largest absolute Gasteiger partial charge is 0.350 e. The lowest BCUT2D eigenvalue weighted by Gasteiger charge is -2.36. The van der Waals surface area contributed by atoms with Gasteiger partial charge in [0.1, 0.15) is 0 Å². The van der Waals surface area contributed by atoms with E-state index in [0.717, 1.165) is 31.8 Å². The molecule has 5 nitrogen and oxygen atoms in total. The molecule has 1 aliphatic heterocycles. The van der Waals surface area contributed by atoms with Crippen LogP contribution >= 0.6 is 0 Å². The van der Waals surface area contributed by atoms with Crippen LogP contribution in [-0.2, 0) is 0 Å². The van der Waals surface area contributed by atoms with E-state index in [1.165, 1.54) is 19.3 Å². The van der Waals surface area contributed by atoms with Crippen molar-refractivity contribution < 1.29 is 0 Å². The molecule has 0 amide bonds. The SMILES string of the molecule is CC[C@H](C)C[C@H](CC)N[C@H]1CCCN(c2ncc[nH]c2=O)C1. The quantitative estimate of drug-likeness (QED) is 0.813. The van der Waals surface area contributed by atoms with Gasteiger partial charge in [-0.1, -0.05) is 27.2 Å². The third-order valence-electron chi connectivity index (χ3n) is 4.76. The average molecular weight is 306 g/mol. The van der Waals surface area contributed by atoms with Crippen LogP contribution < -0.4 is 15.8 Å². The molecular weight excluding hydrogens is 276 g/mol. The second-order valence-corrected chi connectivity index (χ2v) is 6.55. The molecule has 0 spiro atoms. The molecule has 2 rings (SSSR count). The summed E-state index contributed by atoms with van der Waals surface area (Å²) in [6.45, 7) is 8.62. The average Bonchev–Trinajstić information content (AvgIpc) is 2.54. The molecule has 0 aliphatic carbocycles. The highest BCUT2D eigenvalue weighted by atomic mass is 16.1. The topological polar surface area (TPSA) is 61.0 Å². The van der Waals surface area contributed by atoms with E-state index in [4.69, 9.17) is 0 Å². The second-order valence-electron chi connectivity index (χ2n) is 6.55. The van der Waals surface area contributed by atoms with Crippen LogP contribution in [0.5, 0.6) is 0 Å². The predicted octanol–water partition coefficient (Wildman–Crippen LogP) is 2.54. The van der Waals surface area contributed by atoms with Crippen molar-refractivity contribution in [2.75, 3.05) is 18.0 Å². The summed E-state index contributed by atoms with van der Waals surface area (Å²) in [5.41, 5.74) is -0.0882. The zero-order valence-corrected chi connectivity index (χ0v) is 14.1. The highest BCUT2D eigenvalue weighted by Crippen LogP contribution is 2.18. The summed E-state index contributed by atoms with van der Waals surface area (Å²) in [6, 6.07) is 1.02. The number of aromatic amines is 1. The number of aromatic nitrogens is 2. The fourth-order valence-corrected chi connectivity index (χ4v) is 3.21. The summed E-state index contributed by atoms with van der Waals surface area (Å²) in [5, 5.41) is 3.81. The molecular formula is C17H30N4O. The molecule has 0 bridgehead atoms. The molecule has 1 aromatic heterocycles. The van der Waals surface area contributed by atoms with Gasteiger partial charge >= 0.3 is 0 Å². The van der Waals surface area contributed by atoms with Gasteiger partial charge in [0.25, 0.3) is 5.56 Å². The van der Waals surface area contributed by atoms with E-state index in [2.05, 4.69) is 41.0 Å². The summed E-state index contributed by atoms with van der Waals surface area (Å²) < 4.78 is 0. The monoisotopic (exact) mass is 306 g/mol. The third kappa shape index (κ3) is 4.57. The van der Waals surface area contributed by atoms with Crippen molar-refractivity contribution in [3.63, 3.8) is 0 Å². The molecule has 2 heterocycles. The van der Waals surface area contributed by atoms with Gasteiger partial charge in [0, 0.05) is 37.6 Å². The Hall–Kier alpha value is -1.36. The van der Waals surface area contributed by atoms with Gasteiger partial charge in [0.2, 0.25) is 0 Å². The van der Waals surface area contributed by atoms with Gasteiger partial charge < -0.3 is 15.2 Å². The van der Waals surface area contributed by atoms with Crippen molar-refractivity contribution in [1.82, 2.24) is 15.3 Å².